The van der Waals surface area contributed by atoms with Crippen LogP contribution in [0, 0.1) is 0 Å². The van der Waals surface area contributed by atoms with Gasteiger partial charge in [-0.25, -0.2) is 4.98 Å². The summed E-state index contributed by atoms with van der Waals surface area (Å²) in [5, 5.41) is 10.5. The summed E-state index contributed by atoms with van der Waals surface area (Å²) in [6, 6.07) is 28.5. The molecule has 0 aliphatic rings. The zero-order chi connectivity index (χ0) is 34.8. The van der Waals surface area contributed by atoms with Gasteiger partial charge in [0.15, 0.2) is 16.6 Å². The smallest absolute Gasteiger partial charge is 0.272 e. The quantitative estimate of drug-likeness (QED) is 0.0862. The highest BCUT2D eigenvalue weighted by Gasteiger charge is 2.19. The van der Waals surface area contributed by atoms with E-state index >= 15 is 0 Å². The summed E-state index contributed by atoms with van der Waals surface area (Å²) in [6.45, 7) is 1.81. The fraction of sp³-hybridized carbons (Fsp3) is 0.135. The molecule has 0 aliphatic heterocycles. The first kappa shape index (κ1) is 34.7. The third-order valence-electron chi connectivity index (χ3n) is 7.18. The van der Waals surface area contributed by atoms with E-state index in [0.29, 0.717) is 33.4 Å². The van der Waals surface area contributed by atoms with E-state index in [1.807, 2.05) is 48.7 Å². The molecular weight excluding hydrogens is 661 g/mol. The molecule has 250 valence electrons. The van der Waals surface area contributed by atoms with Crippen LogP contribution in [0.3, 0.4) is 0 Å². The molecule has 3 amide bonds. The Balaban J connectivity index is 1.24. The van der Waals surface area contributed by atoms with Crippen molar-refractivity contribution in [1.82, 2.24) is 10.3 Å². The molecule has 0 bridgehead atoms. The first-order valence-corrected chi connectivity index (χ1v) is 16.8. The largest absolute Gasteiger partial charge is 0.497 e. The number of methoxy groups -OCH3 is 3. The van der Waals surface area contributed by atoms with Crippen molar-refractivity contribution >= 4 is 57.7 Å². The summed E-state index contributed by atoms with van der Waals surface area (Å²) in [7, 11) is 4.64. The van der Waals surface area contributed by atoms with E-state index < -0.39 is 17.1 Å². The van der Waals surface area contributed by atoms with Gasteiger partial charge < -0.3 is 30.2 Å². The minimum Gasteiger partial charge on any atom is -0.497 e. The van der Waals surface area contributed by atoms with Crippen molar-refractivity contribution in [2.75, 3.05) is 32.0 Å². The number of nitrogens with one attached hydrogen (secondary N) is 3. The second-order valence-corrected chi connectivity index (χ2v) is 12.7. The van der Waals surface area contributed by atoms with Crippen molar-refractivity contribution < 1.29 is 28.6 Å². The number of thiazole rings is 1. The van der Waals surface area contributed by atoms with Crippen molar-refractivity contribution in [3.05, 3.63) is 119 Å². The van der Waals surface area contributed by atoms with Gasteiger partial charge >= 0.3 is 0 Å². The summed E-state index contributed by atoms with van der Waals surface area (Å²) in [6.07, 6.45) is 1.53. The molecule has 10 nitrogen and oxygen atoms in total. The lowest BCUT2D eigenvalue weighted by Crippen LogP contribution is -2.30. The number of hydrogen-bond acceptors (Lipinski definition) is 9. The number of carbonyl (C=O) groups excluding carboxylic acids is 3. The van der Waals surface area contributed by atoms with Crippen LogP contribution in [0.1, 0.15) is 22.8 Å². The van der Waals surface area contributed by atoms with Gasteiger partial charge in [0.2, 0.25) is 5.91 Å². The molecular formula is C37H34N4O6S2. The van der Waals surface area contributed by atoms with Crippen molar-refractivity contribution in [2.24, 2.45) is 0 Å². The van der Waals surface area contributed by atoms with E-state index in [-0.39, 0.29) is 11.6 Å². The number of thioether (sulfide) groups is 1. The maximum atomic E-state index is 13.5. The molecule has 0 saturated heterocycles. The van der Waals surface area contributed by atoms with Crippen LogP contribution in [0.2, 0.25) is 0 Å². The van der Waals surface area contributed by atoms with Crippen LogP contribution in [-0.4, -0.2) is 49.3 Å². The van der Waals surface area contributed by atoms with Gasteiger partial charge in [0.05, 0.1) is 32.3 Å². The van der Waals surface area contributed by atoms with Crippen LogP contribution in [0.15, 0.2) is 113 Å². The molecule has 5 rings (SSSR count). The molecule has 0 saturated carbocycles. The first-order valence-electron chi connectivity index (χ1n) is 15.1. The maximum Gasteiger partial charge on any atom is 0.272 e. The predicted octanol–water partition coefficient (Wildman–Crippen LogP) is 7.36. The van der Waals surface area contributed by atoms with Crippen LogP contribution >= 0.6 is 23.1 Å². The van der Waals surface area contributed by atoms with Crippen molar-refractivity contribution in [2.45, 2.75) is 17.1 Å². The van der Waals surface area contributed by atoms with Crippen LogP contribution in [0.25, 0.3) is 17.3 Å². The van der Waals surface area contributed by atoms with Crippen LogP contribution in [-0.2, 0) is 9.59 Å². The predicted molar refractivity (Wildman–Crippen MR) is 195 cm³/mol. The van der Waals surface area contributed by atoms with Gasteiger partial charge in [0, 0.05) is 32.7 Å². The second-order valence-electron chi connectivity index (χ2n) is 10.5. The Morgan fingerprint density at radius 2 is 1.55 bits per heavy atom. The number of anilines is 2. The molecule has 1 atom stereocenters. The van der Waals surface area contributed by atoms with Crippen LogP contribution in [0.5, 0.6) is 17.2 Å². The summed E-state index contributed by atoms with van der Waals surface area (Å²) < 4.78 is 16.1. The van der Waals surface area contributed by atoms with E-state index in [2.05, 4.69) is 20.9 Å². The lowest BCUT2D eigenvalue weighted by Gasteiger charge is -2.14. The van der Waals surface area contributed by atoms with E-state index in [1.165, 1.54) is 43.4 Å². The monoisotopic (exact) mass is 694 g/mol. The zero-order valence-electron chi connectivity index (χ0n) is 27.2. The highest BCUT2D eigenvalue weighted by Crippen LogP contribution is 2.33. The van der Waals surface area contributed by atoms with Gasteiger partial charge in [0.25, 0.3) is 11.8 Å². The Kier molecular flexibility index (Phi) is 11.7. The molecule has 0 radical (unpaired) electrons. The third kappa shape index (κ3) is 9.06. The molecule has 0 aliphatic carbocycles. The van der Waals surface area contributed by atoms with Gasteiger partial charge in [-0.15, -0.1) is 23.1 Å². The number of hydrogen-bond donors (Lipinski definition) is 3. The summed E-state index contributed by atoms with van der Waals surface area (Å²) >= 11 is 2.73. The molecule has 1 aromatic heterocycles. The zero-order valence-corrected chi connectivity index (χ0v) is 28.8. The van der Waals surface area contributed by atoms with Crippen molar-refractivity contribution in [3.63, 3.8) is 0 Å². The molecule has 1 unspecified atom stereocenters. The first-order chi connectivity index (χ1) is 23.8. The third-order valence-corrected chi connectivity index (χ3v) is 9.05. The number of aromatic nitrogens is 1. The summed E-state index contributed by atoms with van der Waals surface area (Å²) in [5.41, 5.74) is 3.12. The molecule has 3 N–H and O–H groups in total. The van der Waals surface area contributed by atoms with E-state index in [4.69, 9.17) is 14.2 Å². The Morgan fingerprint density at radius 1 is 0.816 bits per heavy atom. The number of amides is 3. The maximum absolute atomic E-state index is 13.5. The highest BCUT2D eigenvalue weighted by atomic mass is 32.2. The van der Waals surface area contributed by atoms with Gasteiger partial charge in [0.1, 0.15) is 11.4 Å². The number of ether oxygens (including phenoxy) is 3. The van der Waals surface area contributed by atoms with Gasteiger partial charge in [-0.3, -0.25) is 14.4 Å². The second kappa shape index (κ2) is 16.5. The molecule has 1 heterocycles. The molecule has 0 fully saturated rings. The lowest BCUT2D eigenvalue weighted by atomic mass is 10.1. The molecule has 4 aromatic carbocycles. The lowest BCUT2D eigenvalue weighted by molar-refractivity contribution is -0.115. The topological polar surface area (TPSA) is 128 Å². The van der Waals surface area contributed by atoms with E-state index in [1.54, 1.807) is 67.8 Å². The van der Waals surface area contributed by atoms with E-state index in [9.17, 15) is 14.4 Å². The minimum atomic E-state index is -0.542. The van der Waals surface area contributed by atoms with Gasteiger partial charge in [-0.2, -0.15) is 0 Å². The highest BCUT2D eigenvalue weighted by molar-refractivity contribution is 8.00. The van der Waals surface area contributed by atoms with Crippen molar-refractivity contribution in [1.29, 1.82) is 0 Å². The van der Waals surface area contributed by atoms with Gasteiger partial charge in [-0.1, -0.05) is 30.3 Å². The van der Waals surface area contributed by atoms with Crippen LogP contribution < -0.4 is 30.2 Å². The standard InChI is InChI=1S/C37H34N4O6S2/c1-23(34(42)41-37-40-31(22-48-37)24-13-17-28(45-2)18-14-24)49-29-19-15-27(16-20-29)38-36(44)30(39-35(43)25-9-6-5-7-10-25)21-26-11-8-12-32(46-3)33(26)47-4/h5-23H,1-4H3,(H,38,44)(H,39,43)(H,40,41,42)/b30-21-. The number of para-hydroxylation sites is 1. The fourth-order valence-corrected chi connectivity index (χ4v) is 6.22. The molecule has 0 spiro atoms. The van der Waals surface area contributed by atoms with E-state index in [0.717, 1.165) is 21.9 Å². The number of rotatable bonds is 13. The van der Waals surface area contributed by atoms with Crippen LogP contribution in [0.4, 0.5) is 10.8 Å². The normalized spacial score (nSPS) is 11.6. The Bertz CT molecular complexity index is 1940. The SMILES string of the molecule is COc1ccc(-c2csc(NC(=O)C(C)Sc3ccc(NC(=O)/C(=C/c4cccc(OC)c4OC)NC(=O)c4ccccc4)cc3)n2)cc1. The Hall–Kier alpha value is -5.59. The van der Waals surface area contributed by atoms with Gasteiger partial charge in [-0.05, 0) is 79.7 Å². The number of carbonyl (C=O) groups is 3. The average Bonchev–Trinajstić information content (AvgIpc) is 3.60. The minimum absolute atomic E-state index is 0.00138. The number of benzene rings is 4. The Labute approximate surface area is 292 Å². The summed E-state index contributed by atoms with van der Waals surface area (Å²) in [4.78, 5) is 44.9. The number of nitrogens with zero attached hydrogens (tertiary/aromatic N) is 1. The molecule has 12 heteroatoms. The van der Waals surface area contributed by atoms with Crippen molar-refractivity contribution in [3.8, 4) is 28.5 Å². The molecule has 5 aromatic rings. The Morgan fingerprint density at radius 3 is 2.22 bits per heavy atom. The molecule has 49 heavy (non-hydrogen) atoms. The summed E-state index contributed by atoms with van der Waals surface area (Å²) in [5.74, 6) is 0.475. The fourth-order valence-electron chi connectivity index (χ4n) is 4.63. The average molecular weight is 695 g/mol.